The smallest absolute Gasteiger partial charge is 0.314 e. The third-order valence-corrected chi connectivity index (χ3v) is 2.90. The standard InChI is InChI=1S/C8H7F3.C6H13N/c1-6-3-2-4-7(5-6)8(9,10)11;1-6-4-2-3-5-7-6/h2-5H,1H3;6-7H,2-5H2,1H3/t;6-/m.1/s1. The van der Waals surface area contributed by atoms with E-state index >= 15 is 0 Å². The molecule has 0 amide bonds. The summed E-state index contributed by atoms with van der Waals surface area (Å²) in [6.45, 7) is 5.12. The van der Waals surface area contributed by atoms with Crippen molar-refractivity contribution in [3.63, 3.8) is 0 Å². The molecule has 1 fully saturated rings. The third-order valence-electron chi connectivity index (χ3n) is 2.90. The molecule has 1 N–H and O–H groups in total. The van der Waals surface area contributed by atoms with Gasteiger partial charge >= 0.3 is 6.18 Å². The lowest BCUT2D eigenvalue weighted by molar-refractivity contribution is -0.137. The van der Waals surface area contributed by atoms with Crippen LogP contribution in [0.3, 0.4) is 0 Å². The van der Waals surface area contributed by atoms with Gasteiger partial charge in [0.1, 0.15) is 0 Å². The maximum atomic E-state index is 12.0. The fraction of sp³-hybridized carbons (Fsp3) is 0.571. The van der Waals surface area contributed by atoms with Gasteiger partial charge in [0.25, 0.3) is 0 Å². The van der Waals surface area contributed by atoms with E-state index in [9.17, 15) is 13.2 Å². The van der Waals surface area contributed by atoms with E-state index in [0.717, 1.165) is 18.2 Å². The number of hydrogen-bond acceptors (Lipinski definition) is 1. The molecule has 1 saturated heterocycles. The molecule has 4 heteroatoms. The van der Waals surface area contributed by atoms with Crippen LogP contribution in [0.15, 0.2) is 24.3 Å². The molecule has 1 aromatic rings. The van der Waals surface area contributed by atoms with Gasteiger partial charge in [0.15, 0.2) is 0 Å². The van der Waals surface area contributed by atoms with E-state index in [4.69, 9.17) is 0 Å². The second-order valence-electron chi connectivity index (χ2n) is 4.72. The highest BCUT2D eigenvalue weighted by atomic mass is 19.4. The fourth-order valence-corrected chi connectivity index (χ4v) is 1.85. The van der Waals surface area contributed by atoms with Crippen LogP contribution >= 0.6 is 0 Å². The zero-order chi connectivity index (χ0) is 13.6. The summed E-state index contributed by atoms with van der Waals surface area (Å²) in [5, 5.41) is 3.38. The molecule has 1 heterocycles. The Hall–Kier alpha value is -1.03. The lowest BCUT2D eigenvalue weighted by Crippen LogP contribution is -2.30. The molecule has 102 valence electrons. The second-order valence-corrected chi connectivity index (χ2v) is 4.72. The monoisotopic (exact) mass is 259 g/mol. The number of benzene rings is 1. The summed E-state index contributed by atoms with van der Waals surface area (Å²) in [7, 11) is 0. The van der Waals surface area contributed by atoms with Crippen LogP contribution < -0.4 is 5.32 Å². The lowest BCUT2D eigenvalue weighted by Gasteiger charge is -2.18. The highest BCUT2D eigenvalue weighted by molar-refractivity contribution is 5.24. The quantitative estimate of drug-likeness (QED) is 0.737. The van der Waals surface area contributed by atoms with Gasteiger partial charge in [-0.3, -0.25) is 0 Å². The average Bonchev–Trinajstić information content (AvgIpc) is 2.30. The lowest BCUT2D eigenvalue weighted by atomic mass is 10.1. The van der Waals surface area contributed by atoms with Gasteiger partial charge in [0, 0.05) is 6.04 Å². The number of rotatable bonds is 0. The molecule has 0 spiro atoms. The minimum Gasteiger partial charge on any atom is -0.314 e. The van der Waals surface area contributed by atoms with Gasteiger partial charge in [-0.1, -0.05) is 30.2 Å². The molecule has 1 aliphatic heterocycles. The van der Waals surface area contributed by atoms with Crippen molar-refractivity contribution in [1.29, 1.82) is 0 Å². The van der Waals surface area contributed by atoms with E-state index in [-0.39, 0.29) is 0 Å². The normalized spacial score (nSPS) is 19.9. The molecule has 1 aromatic carbocycles. The van der Waals surface area contributed by atoms with Crippen molar-refractivity contribution in [2.24, 2.45) is 0 Å². The van der Waals surface area contributed by atoms with Crippen LogP contribution in [0, 0.1) is 6.92 Å². The summed E-state index contributed by atoms with van der Waals surface area (Å²) in [5.41, 5.74) is 0.0392. The Bertz CT molecular complexity index is 354. The molecule has 1 atom stereocenters. The van der Waals surface area contributed by atoms with Crippen LogP contribution in [-0.2, 0) is 6.18 Å². The van der Waals surface area contributed by atoms with Crippen LogP contribution in [0.2, 0.25) is 0 Å². The molecule has 0 saturated carbocycles. The van der Waals surface area contributed by atoms with Crippen LogP contribution in [0.5, 0.6) is 0 Å². The molecule has 0 unspecified atom stereocenters. The van der Waals surface area contributed by atoms with E-state index in [1.807, 2.05) is 0 Å². The number of alkyl halides is 3. The van der Waals surface area contributed by atoms with Crippen LogP contribution in [0.25, 0.3) is 0 Å². The predicted octanol–water partition coefficient (Wildman–Crippen LogP) is 4.16. The predicted molar refractivity (Wildman–Crippen MR) is 67.5 cm³/mol. The van der Waals surface area contributed by atoms with Crippen molar-refractivity contribution in [3.8, 4) is 0 Å². The van der Waals surface area contributed by atoms with E-state index in [2.05, 4.69) is 12.2 Å². The average molecular weight is 259 g/mol. The first kappa shape index (κ1) is 15.0. The van der Waals surface area contributed by atoms with Crippen molar-refractivity contribution in [3.05, 3.63) is 35.4 Å². The van der Waals surface area contributed by atoms with E-state index < -0.39 is 11.7 Å². The first-order chi connectivity index (χ1) is 8.39. The maximum Gasteiger partial charge on any atom is 0.416 e. The summed E-state index contributed by atoms with van der Waals surface area (Å²) >= 11 is 0. The Morgan fingerprint density at radius 3 is 2.28 bits per heavy atom. The molecular formula is C14H20F3N. The minimum absolute atomic E-state index is 0.586. The number of aryl methyl sites for hydroxylation is 1. The van der Waals surface area contributed by atoms with Crippen LogP contribution in [0.4, 0.5) is 13.2 Å². The summed E-state index contributed by atoms with van der Waals surface area (Å²) < 4.78 is 35.9. The number of piperidine rings is 1. The van der Waals surface area contributed by atoms with Crippen LogP contribution in [0.1, 0.15) is 37.3 Å². The van der Waals surface area contributed by atoms with Gasteiger partial charge in [0.2, 0.25) is 0 Å². The molecule has 1 aliphatic rings. The van der Waals surface area contributed by atoms with Gasteiger partial charge in [0.05, 0.1) is 5.56 Å². The zero-order valence-electron chi connectivity index (χ0n) is 10.8. The first-order valence-corrected chi connectivity index (χ1v) is 6.27. The molecule has 2 rings (SSSR count). The van der Waals surface area contributed by atoms with Crippen molar-refractivity contribution in [1.82, 2.24) is 5.32 Å². The first-order valence-electron chi connectivity index (χ1n) is 6.27. The molecular weight excluding hydrogens is 239 g/mol. The molecule has 0 bridgehead atoms. The third kappa shape index (κ3) is 5.54. The zero-order valence-corrected chi connectivity index (χ0v) is 10.8. The van der Waals surface area contributed by atoms with Gasteiger partial charge < -0.3 is 5.32 Å². The molecule has 0 radical (unpaired) electrons. The fourth-order valence-electron chi connectivity index (χ4n) is 1.85. The summed E-state index contributed by atoms with van der Waals surface area (Å²) in [6.07, 6.45) is -0.0372. The van der Waals surface area contributed by atoms with Gasteiger partial charge in [-0.25, -0.2) is 0 Å². The molecule has 0 aliphatic carbocycles. The maximum absolute atomic E-state index is 12.0. The van der Waals surface area contributed by atoms with Gasteiger partial charge in [-0.05, 0) is 39.3 Å². The highest BCUT2D eigenvalue weighted by Crippen LogP contribution is 2.29. The Kier molecular flexibility index (Phi) is 5.66. The minimum atomic E-state index is -4.22. The summed E-state index contributed by atoms with van der Waals surface area (Å²) in [5.74, 6) is 0. The molecule has 18 heavy (non-hydrogen) atoms. The second kappa shape index (κ2) is 6.78. The van der Waals surface area contributed by atoms with Gasteiger partial charge in [-0.2, -0.15) is 13.2 Å². The van der Waals surface area contributed by atoms with Crippen LogP contribution in [-0.4, -0.2) is 12.6 Å². The Morgan fingerprint density at radius 2 is 1.94 bits per heavy atom. The number of halogens is 3. The highest BCUT2D eigenvalue weighted by Gasteiger charge is 2.29. The topological polar surface area (TPSA) is 12.0 Å². The Morgan fingerprint density at radius 1 is 1.22 bits per heavy atom. The van der Waals surface area contributed by atoms with Crippen molar-refractivity contribution >= 4 is 0 Å². The van der Waals surface area contributed by atoms with E-state index in [1.54, 1.807) is 13.0 Å². The Labute approximate surface area is 106 Å². The van der Waals surface area contributed by atoms with Crippen molar-refractivity contribution in [2.75, 3.05) is 6.54 Å². The molecule has 0 aromatic heterocycles. The molecule has 1 nitrogen and oxygen atoms in total. The van der Waals surface area contributed by atoms with Crippen molar-refractivity contribution in [2.45, 2.75) is 45.3 Å². The van der Waals surface area contributed by atoms with Crippen molar-refractivity contribution < 1.29 is 13.2 Å². The van der Waals surface area contributed by atoms with Gasteiger partial charge in [-0.15, -0.1) is 0 Å². The number of nitrogens with one attached hydrogen (secondary N) is 1. The number of hydrogen-bond donors (Lipinski definition) is 1. The largest absolute Gasteiger partial charge is 0.416 e. The summed E-state index contributed by atoms with van der Waals surface area (Å²) in [6, 6.07) is 6.01. The van der Waals surface area contributed by atoms with E-state index in [1.165, 1.54) is 31.9 Å². The van der Waals surface area contributed by atoms with E-state index in [0.29, 0.717) is 5.56 Å². The summed E-state index contributed by atoms with van der Waals surface area (Å²) in [4.78, 5) is 0. The Balaban J connectivity index is 0.000000199. The SMILES string of the molecule is C[C@@H]1CCCCN1.Cc1cccc(C(F)(F)F)c1.